The molecule has 1 atom stereocenters. The molecule has 4 heteroatoms. The molecule has 3 N–H and O–H groups in total. The average Bonchev–Trinajstić information content (AvgIpc) is 2.26. The first-order valence-corrected chi connectivity index (χ1v) is 6.10. The van der Waals surface area contributed by atoms with Crippen LogP contribution in [0.1, 0.15) is 44.9 Å². The van der Waals surface area contributed by atoms with Gasteiger partial charge < -0.3 is 15.8 Å². The molecule has 0 bridgehead atoms. The summed E-state index contributed by atoms with van der Waals surface area (Å²) in [4.78, 5) is 11.6. The molecule has 18 heavy (non-hydrogen) atoms. The van der Waals surface area contributed by atoms with Gasteiger partial charge in [-0.05, 0) is 38.8 Å². The van der Waals surface area contributed by atoms with E-state index in [0.717, 1.165) is 11.1 Å². The molecule has 0 fully saturated rings. The van der Waals surface area contributed by atoms with E-state index in [9.17, 15) is 4.79 Å². The van der Waals surface area contributed by atoms with Crippen LogP contribution >= 0.6 is 0 Å². The molecule has 1 aromatic carbocycles. The highest BCUT2D eigenvalue weighted by molar-refractivity contribution is 5.68. The molecule has 4 nitrogen and oxygen atoms in total. The molecule has 0 aromatic heterocycles. The number of amides is 1. The number of hydrogen-bond donors (Lipinski definition) is 2. The lowest BCUT2D eigenvalue weighted by molar-refractivity contribution is 0.0508. The number of carbonyl (C=O) groups excluding carboxylic acids is 1. The van der Waals surface area contributed by atoms with Crippen LogP contribution in [0.15, 0.2) is 24.3 Å². The molecule has 0 saturated heterocycles. The zero-order valence-corrected chi connectivity index (χ0v) is 11.5. The minimum Gasteiger partial charge on any atom is -0.444 e. The molecule has 0 heterocycles. The fraction of sp³-hybridized carbons (Fsp3) is 0.500. The Morgan fingerprint density at radius 3 is 2.33 bits per heavy atom. The summed E-state index contributed by atoms with van der Waals surface area (Å²) in [7, 11) is 0. The minimum atomic E-state index is -0.479. The van der Waals surface area contributed by atoms with Gasteiger partial charge in [-0.25, -0.2) is 4.79 Å². The highest BCUT2D eigenvalue weighted by Crippen LogP contribution is 2.14. The highest BCUT2D eigenvalue weighted by atomic mass is 16.6. The molecule has 1 amide bonds. The topological polar surface area (TPSA) is 64.3 Å². The molecular weight excluding hydrogens is 228 g/mol. The molecule has 0 saturated carbocycles. The molecule has 0 aliphatic heterocycles. The van der Waals surface area contributed by atoms with Crippen molar-refractivity contribution in [2.45, 2.75) is 45.9 Å². The Morgan fingerprint density at radius 2 is 1.89 bits per heavy atom. The maximum Gasteiger partial charge on any atom is 0.408 e. The molecule has 1 rings (SSSR count). The van der Waals surface area contributed by atoms with E-state index in [1.165, 1.54) is 0 Å². The number of nitrogens with one attached hydrogen (secondary N) is 1. The fourth-order valence-electron chi connectivity index (χ4n) is 1.51. The highest BCUT2D eigenvalue weighted by Gasteiger charge is 2.18. The third kappa shape index (κ3) is 4.75. The normalized spacial score (nSPS) is 12.9. The van der Waals surface area contributed by atoms with Crippen LogP contribution in [0.25, 0.3) is 0 Å². The van der Waals surface area contributed by atoms with Crippen LogP contribution in [0.2, 0.25) is 0 Å². The summed E-state index contributed by atoms with van der Waals surface area (Å²) in [5, 5.41) is 2.80. The lowest BCUT2D eigenvalue weighted by Crippen LogP contribution is -2.34. The molecule has 0 radical (unpaired) electrons. The summed E-state index contributed by atoms with van der Waals surface area (Å²) in [6.45, 7) is 7.96. The van der Waals surface area contributed by atoms with Crippen molar-refractivity contribution in [3.8, 4) is 0 Å². The second-order valence-electron chi connectivity index (χ2n) is 5.31. The molecule has 0 aliphatic carbocycles. The number of alkyl carbamates (subject to hydrolysis) is 1. The van der Waals surface area contributed by atoms with Crippen molar-refractivity contribution < 1.29 is 9.53 Å². The van der Waals surface area contributed by atoms with E-state index in [-0.39, 0.29) is 6.04 Å². The predicted octanol–water partition coefficient (Wildman–Crippen LogP) is 2.73. The molecule has 100 valence electrons. The van der Waals surface area contributed by atoms with Crippen LogP contribution in [0.5, 0.6) is 0 Å². The Labute approximate surface area is 109 Å². The first kappa shape index (κ1) is 14.5. The van der Waals surface area contributed by atoms with Crippen molar-refractivity contribution in [2.75, 3.05) is 0 Å². The SMILES string of the molecule is CC(NC(=O)OC(C)(C)C)c1ccc(CN)cc1. The molecular formula is C14H22N2O2. The van der Waals surface area contributed by atoms with Gasteiger partial charge in [-0.1, -0.05) is 24.3 Å². The van der Waals surface area contributed by atoms with Crippen molar-refractivity contribution in [3.05, 3.63) is 35.4 Å². The van der Waals surface area contributed by atoms with Crippen LogP contribution in [0.3, 0.4) is 0 Å². The van der Waals surface area contributed by atoms with Gasteiger partial charge in [0.15, 0.2) is 0 Å². The zero-order chi connectivity index (χ0) is 13.8. The van der Waals surface area contributed by atoms with Crippen molar-refractivity contribution in [3.63, 3.8) is 0 Å². The van der Waals surface area contributed by atoms with E-state index in [4.69, 9.17) is 10.5 Å². The van der Waals surface area contributed by atoms with Crippen molar-refractivity contribution in [1.29, 1.82) is 0 Å². The fourth-order valence-corrected chi connectivity index (χ4v) is 1.51. The van der Waals surface area contributed by atoms with Gasteiger partial charge >= 0.3 is 6.09 Å². The first-order valence-electron chi connectivity index (χ1n) is 6.10. The van der Waals surface area contributed by atoms with Gasteiger partial charge in [0, 0.05) is 6.54 Å². The van der Waals surface area contributed by atoms with Crippen molar-refractivity contribution >= 4 is 6.09 Å². The Bertz CT molecular complexity index is 393. The largest absolute Gasteiger partial charge is 0.444 e. The minimum absolute atomic E-state index is 0.0910. The number of nitrogens with two attached hydrogens (primary N) is 1. The van der Waals surface area contributed by atoms with Gasteiger partial charge in [-0.3, -0.25) is 0 Å². The quantitative estimate of drug-likeness (QED) is 0.867. The monoisotopic (exact) mass is 250 g/mol. The zero-order valence-electron chi connectivity index (χ0n) is 11.5. The number of carbonyl (C=O) groups is 1. The van der Waals surface area contributed by atoms with Crippen LogP contribution in [0.4, 0.5) is 4.79 Å². The van der Waals surface area contributed by atoms with E-state index >= 15 is 0 Å². The third-order valence-electron chi connectivity index (χ3n) is 2.45. The van der Waals surface area contributed by atoms with Gasteiger partial charge in [-0.15, -0.1) is 0 Å². The molecule has 0 spiro atoms. The van der Waals surface area contributed by atoms with Gasteiger partial charge in [0.1, 0.15) is 5.60 Å². The maximum atomic E-state index is 11.6. The number of rotatable bonds is 3. The van der Waals surface area contributed by atoms with E-state index in [1.54, 1.807) is 0 Å². The van der Waals surface area contributed by atoms with E-state index in [1.807, 2.05) is 52.0 Å². The first-order chi connectivity index (χ1) is 8.31. The Kier molecular flexibility index (Phi) is 4.73. The van der Waals surface area contributed by atoms with Gasteiger partial charge in [0.2, 0.25) is 0 Å². The molecule has 0 aliphatic rings. The smallest absolute Gasteiger partial charge is 0.408 e. The third-order valence-corrected chi connectivity index (χ3v) is 2.45. The van der Waals surface area contributed by atoms with Gasteiger partial charge in [-0.2, -0.15) is 0 Å². The summed E-state index contributed by atoms with van der Waals surface area (Å²) in [6, 6.07) is 7.76. The predicted molar refractivity (Wildman–Crippen MR) is 72.1 cm³/mol. The van der Waals surface area contributed by atoms with E-state index in [2.05, 4.69) is 5.32 Å². The van der Waals surface area contributed by atoms with Crippen molar-refractivity contribution in [1.82, 2.24) is 5.32 Å². The Hall–Kier alpha value is -1.55. The van der Waals surface area contributed by atoms with Crippen LogP contribution in [-0.4, -0.2) is 11.7 Å². The van der Waals surface area contributed by atoms with Crippen LogP contribution in [0, 0.1) is 0 Å². The van der Waals surface area contributed by atoms with Crippen molar-refractivity contribution in [2.24, 2.45) is 5.73 Å². The summed E-state index contributed by atoms with van der Waals surface area (Å²) in [5.74, 6) is 0. The summed E-state index contributed by atoms with van der Waals surface area (Å²) < 4.78 is 5.20. The number of hydrogen-bond acceptors (Lipinski definition) is 3. The lowest BCUT2D eigenvalue weighted by atomic mass is 10.1. The van der Waals surface area contributed by atoms with Gasteiger partial charge in [0.25, 0.3) is 0 Å². The second kappa shape index (κ2) is 5.87. The summed E-state index contributed by atoms with van der Waals surface area (Å²) >= 11 is 0. The van der Waals surface area contributed by atoms with E-state index in [0.29, 0.717) is 6.54 Å². The molecule has 1 unspecified atom stereocenters. The Balaban J connectivity index is 2.59. The Morgan fingerprint density at radius 1 is 1.33 bits per heavy atom. The van der Waals surface area contributed by atoms with E-state index < -0.39 is 11.7 Å². The maximum absolute atomic E-state index is 11.6. The average molecular weight is 250 g/mol. The summed E-state index contributed by atoms with van der Waals surface area (Å²) in [5.41, 5.74) is 7.16. The van der Waals surface area contributed by atoms with Gasteiger partial charge in [0.05, 0.1) is 6.04 Å². The lowest BCUT2D eigenvalue weighted by Gasteiger charge is -2.22. The summed E-state index contributed by atoms with van der Waals surface area (Å²) in [6.07, 6.45) is -0.405. The standard InChI is InChI=1S/C14H22N2O2/c1-10(16-13(17)18-14(2,3)4)12-7-5-11(9-15)6-8-12/h5-8,10H,9,15H2,1-4H3,(H,16,17). The molecule has 1 aromatic rings. The number of ether oxygens (including phenoxy) is 1. The van der Waals surface area contributed by atoms with Crippen LogP contribution < -0.4 is 11.1 Å². The van der Waals surface area contributed by atoms with Crippen LogP contribution in [-0.2, 0) is 11.3 Å². The second-order valence-corrected chi connectivity index (χ2v) is 5.31. The number of benzene rings is 1.